The molecule has 0 amide bonds. The van der Waals surface area contributed by atoms with E-state index in [9.17, 15) is 9.59 Å². The average molecular weight is 539 g/mol. The van der Waals surface area contributed by atoms with E-state index in [1.807, 2.05) is 13.0 Å². The summed E-state index contributed by atoms with van der Waals surface area (Å²) in [5.41, 5.74) is 5.49. The number of unbranched alkanes of at least 4 members (excludes halogenated alkanes) is 8. The zero-order valence-electron chi connectivity index (χ0n) is 26.1. The Labute approximate surface area is 240 Å². The summed E-state index contributed by atoms with van der Waals surface area (Å²) >= 11 is 0. The van der Waals surface area contributed by atoms with Gasteiger partial charge >= 0.3 is 5.97 Å². The highest BCUT2D eigenvalue weighted by molar-refractivity contribution is 5.92. The van der Waals surface area contributed by atoms with Crippen LogP contribution in [-0.4, -0.2) is 16.9 Å². The SMILES string of the molecule is CCCCCC(CCCCCCCCCC(=O)O)C(=O)/C=C(C)/C=C/C=C(C)/C=C/C1=C(C)CCCC1(C)C. The second kappa shape index (κ2) is 19.8. The van der Waals surface area contributed by atoms with Crippen molar-refractivity contribution in [3.8, 4) is 0 Å². The van der Waals surface area contributed by atoms with Crippen LogP contribution in [0.3, 0.4) is 0 Å². The number of rotatable bonds is 20. The Morgan fingerprint density at radius 1 is 0.897 bits per heavy atom. The first-order valence-electron chi connectivity index (χ1n) is 15.7. The number of carbonyl (C=O) groups is 2. The Hall–Kier alpha value is -2.16. The molecule has 1 unspecified atom stereocenters. The van der Waals surface area contributed by atoms with Crippen molar-refractivity contribution in [2.45, 2.75) is 144 Å². The van der Waals surface area contributed by atoms with Crippen LogP contribution < -0.4 is 0 Å². The molecule has 220 valence electrons. The summed E-state index contributed by atoms with van der Waals surface area (Å²) in [5.74, 6) is -0.282. The molecule has 0 aromatic heterocycles. The summed E-state index contributed by atoms with van der Waals surface area (Å²) < 4.78 is 0. The average Bonchev–Trinajstić information content (AvgIpc) is 2.85. The standard InChI is InChI=1S/C36H58O3/c1-7-8-14-22-32(23-15-12-10-9-11-13-16-24-35(38)39)34(37)28-30(3)20-17-19-29(2)25-26-33-31(4)21-18-27-36(33,5)6/h17,19-20,25-26,28,32H,7-16,18,21-24,27H2,1-6H3,(H,38,39)/b20-17+,26-25+,29-19+,30-28+. The van der Waals surface area contributed by atoms with Gasteiger partial charge in [0.05, 0.1) is 0 Å². The first kappa shape index (κ1) is 34.9. The van der Waals surface area contributed by atoms with Crippen molar-refractivity contribution in [3.63, 3.8) is 0 Å². The van der Waals surface area contributed by atoms with Gasteiger partial charge in [0, 0.05) is 12.3 Å². The van der Waals surface area contributed by atoms with Crippen LogP contribution in [0.1, 0.15) is 144 Å². The molecule has 1 aliphatic rings. The molecule has 0 heterocycles. The van der Waals surface area contributed by atoms with Gasteiger partial charge in [-0.1, -0.05) is 120 Å². The summed E-state index contributed by atoms with van der Waals surface area (Å²) in [6, 6.07) is 0. The molecule has 39 heavy (non-hydrogen) atoms. The number of carbonyl (C=O) groups excluding carboxylic acids is 1. The molecule has 0 spiro atoms. The quantitative estimate of drug-likeness (QED) is 0.0952. The topological polar surface area (TPSA) is 54.4 Å². The van der Waals surface area contributed by atoms with Crippen LogP contribution in [0.15, 0.2) is 58.7 Å². The van der Waals surface area contributed by atoms with Crippen molar-refractivity contribution in [2.75, 3.05) is 0 Å². The lowest BCUT2D eigenvalue weighted by Gasteiger charge is -2.32. The van der Waals surface area contributed by atoms with E-state index < -0.39 is 5.97 Å². The minimum Gasteiger partial charge on any atom is -0.481 e. The van der Waals surface area contributed by atoms with Crippen molar-refractivity contribution in [1.29, 1.82) is 0 Å². The molecule has 3 nitrogen and oxygen atoms in total. The fourth-order valence-electron chi connectivity index (χ4n) is 5.64. The number of aliphatic carboxylic acids is 1. The minimum absolute atomic E-state index is 0.131. The van der Waals surface area contributed by atoms with E-state index in [1.54, 1.807) is 0 Å². The minimum atomic E-state index is -0.695. The lowest BCUT2D eigenvalue weighted by molar-refractivity contribution is -0.137. The highest BCUT2D eigenvalue weighted by Crippen LogP contribution is 2.40. The number of carboxylic acid groups (broad SMARTS) is 1. The van der Waals surface area contributed by atoms with Crippen LogP contribution in [0.5, 0.6) is 0 Å². The maximum atomic E-state index is 13.1. The molecule has 3 heteroatoms. The van der Waals surface area contributed by atoms with Crippen molar-refractivity contribution in [1.82, 2.24) is 0 Å². The van der Waals surface area contributed by atoms with Crippen LogP contribution in [0.2, 0.25) is 0 Å². The molecule has 0 radical (unpaired) electrons. The molecule has 0 fully saturated rings. The van der Waals surface area contributed by atoms with E-state index in [4.69, 9.17) is 5.11 Å². The van der Waals surface area contributed by atoms with Crippen molar-refractivity contribution < 1.29 is 14.7 Å². The number of ketones is 1. The van der Waals surface area contributed by atoms with Crippen molar-refractivity contribution >= 4 is 11.8 Å². The summed E-state index contributed by atoms with van der Waals surface area (Å²) in [4.78, 5) is 23.7. The predicted octanol–water partition coefficient (Wildman–Crippen LogP) is 10.9. The molecule has 1 rings (SSSR count). The number of carboxylic acids is 1. The Bertz CT molecular complexity index is 894. The van der Waals surface area contributed by atoms with E-state index in [1.165, 1.54) is 55.2 Å². The van der Waals surface area contributed by atoms with Gasteiger partial charge in [-0.25, -0.2) is 0 Å². The van der Waals surface area contributed by atoms with Gasteiger partial charge in [0.1, 0.15) is 0 Å². The van der Waals surface area contributed by atoms with E-state index >= 15 is 0 Å². The Morgan fingerprint density at radius 2 is 1.51 bits per heavy atom. The Morgan fingerprint density at radius 3 is 2.13 bits per heavy atom. The highest BCUT2D eigenvalue weighted by atomic mass is 16.4. The van der Waals surface area contributed by atoms with Gasteiger partial charge in [0.2, 0.25) is 0 Å². The fraction of sp³-hybridized carbons (Fsp3) is 0.667. The highest BCUT2D eigenvalue weighted by Gasteiger charge is 2.26. The van der Waals surface area contributed by atoms with Gasteiger partial charge in [0.15, 0.2) is 5.78 Å². The third-order valence-electron chi connectivity index (χ3n) is 8.15. The first-order chi connectivity index (χ1) is 18.6. The van der Waals surface area contributed by atoms with Crippen LogP contribution in [0.25, 0.3) is 0 Å². The van der Waals surface area contributed by atoms with Crippen LogP contribution in [0.4, 0.5) is 0 Å². The second-order valence-corrected chi connectivity index (χ2v) is 12.4. The summed E-state index contributed by atoms with van der Waals surface area (Å²) in [6.07, 6.45) is 29.6. The van der Waals surface area contributed by atoms with Gasteiger partial charge in [-0.3, -0.25) is 9.59 Å². The van der Waals surface area contributed by atoms with E-state index in [0.29, 0.717) is 0 Å². The molecular formula is C36H58O3. The molecule has 0 aliphatic heterocycles. The maximum Gasteiger partial charge on any atom is 0.303 e. The normalized spacial score (nSPS) is 17.4. The largest absolute Gasteiger partial charge is 0.481 e. The molecule has 1 aliphatic carbocycles. The molecule has 0 aromatic carbocycles. The number of hydrogen-bond acceptors (Lipinski definition) is 2. The molecule has 0 saturated carbocycles. The molecule has 1 N–H and O–H groups in total. The molecule has 0 aromatic rings. The zero-order chi connectivity index (χ0) is 29.1. The van der Waals surface area contributed by atoms with Gasteiger partial charge in [-0.2, -0.15) is 0 Å². The third-order valence-corrected chi connectivity index (χ3v) is 8.15. The van der Waals surface area contributed by atoms with Gasteiger partial charge in [-0.15, -0.1) is 0 Å². The molecule has 0 bridgehead atoms. The predicted molar refractivity (Wildman–Crippen MR) is 168 cm³/mol. The van der Waals surface area contributed by atoms with Crippen LogP contribution in [-0.2, 0) is 9.59 Å². The smallest absolute Gasteiger partial charge is 0.303 e. The number of hydrogen-bond donors (Lipinski definition) is 1. The lowest BCUT2D eigenvalue weighted by Crippen LogP contribution is -2.19. The van der Waals surface area contributed by atoms with Gasteiger partial charge in [0.25, 0.3) is 0 Å². The maximum absolute atomic E-state index is 13.1. The van der Waals surface area contributed by atoms with E-state index in [2.05, 4.69) is 65.0 Å². The van der Waals surface area contributed by atoms with Crippen LogP contribution in [0, 0.1) is 11.3 Å². The summed E-state index contributed by atoms with van der Waals surface area (Å²) in [5, 5.41) is 8.72. The second-order valence-electron chi connectivity index (χ2n) is 12.4. The fourth-order valence-corrected chi connectivity index (χ4v) is 5.64. The third kappa shape index (κ3) is 15.9. The van der Waals surface area contributed by atoms with Crippen molar-refractivity contribution in [3.05, 3.63) is 58.7 Å². The summed E-state index contributed by atoms with van der Waals surface area (Å²) in [7, 11) is 0. The van der Waals surface area contributed by atoms with Crippen LogP contribution >= 0.6 is 0 Å². The Balaban J connectivity index is 2.59. The summed E-state index contributed by atoms with van der Waals surface area (Å²) in [6.45, 7) is 13.3. The lowest BCUT2D eigenvalue weighted by atomic mass is 9.72. The van der Waals surface area contributed by atoms with E-state index in [0.717, 1.165) is 63.4 Å². The zero-order valence-corrected chi connectivity index (χ0v) is 26.1. The Kier molecular flexibility index (Phi) is 17.7. The van der Waals surface area contributed by atoms with Crippen molar-refractivity contribution in [2.24, 2.45) is 11.3 Å². The molecule has 1 atom stereocenters. The van der Waals surface area contributed by atoms with Gasteiger partial charge in [-0.05, 0) is 81.9 Å². The van der Waals surface area contributed by atoms with Gasteiger partial charge < -0.3 is 5.11 Å². The number of allylic oxidation sites excluding steroid dienone is 10. The molecular weight excluding hydrogens is 480 g/mol. The first-order valence-corrected chi connectivity index (χ1v) is 15.7. The molecule has 0 saturated heterocycles. The monoisotopic (exact) mass is 538 g/mol. The van der Waals surface area contributed by atoms with E-state index in [-0.39, 0.29) is 23.5 Å².